The summed E-state index contributed by atoms with van der Waals surface area (Å²) in [6.45, 7) is 11.2. The van der Waals surface area contributed by atoms with Gasteiger partial charge >= 0.3 is 0 Å². The quantitative estimate of drug-likeness (QED) is 0.496. The SMILES string of the molecule is CCCCCCN(Cc1ccccc1)c1ccc(C(C)(C)C)cc1. The Hall–Kier alpha value is -1.76. The second-order valence-corrected chi connectivity index (χ2v) is 7.76. The molecule has 2 rings (SSSR count). The van der Waals surface area contributed by atoms with E-state index in [0.29, 0.717) is 0 Å². The Morgan fingerprint density at radius 2 is 1.46 bits per heavy atom. The first-order valence-corrected chi connectivity index (χ1v) is 9.40. The Bertz CT molecular complexity index is 578. The predicted octanol–water partition coefficient (Wildman–Crippen LogP) is 6.57. The van der Waals surface area contributed by atoms with E-state index >= 15 is 0 Å². The number of anilines is 1. The summed E-state index contributed by atoms with van der Waals surface area (Å²) in [5.41, 5.74) is 4.33. The van der Waals surface area contributed by atoms with Crippen LogP contribution in [0, 0.1) is 0 Å². The van der Waals surface area contributed by atoms with Crippen molar-refractivity contribution in [1.29, 1.82) is 0 Å². The average molecular weight is 324 g/mol. The number of benzene rings is 2. The number of hydrogen-bond acceptors (Lipinski definition) is 1. The van der Waals surface area contributed by atoms with Crippen molar-refractivity contribution < 1.29 is 0 Å². The van der Waals surface area contributed by atoms with Crippen LogP contribution < -0.4 is 4.90 Å². The van der Waals surface area contributed by atoms with Gasteiger partial charge in [-0.3, -0.25) is 0 Å². The fourth-order valence-electron chi connectivity index (χ4n) is 3.00. The van der Waals surface area contributed by atoms with E-state index < -0.39 is 0 Å². The van der Waals surface area contributed by atoms with Crippen LogP contribution in [0.4, 0.5) is 5.69 Å². The molecule has 1 nitrogen and oxygen atoms in total. The molecule has 24 heavy (non-hydrogen) atoms. The molecule has 2 aromatic rings. The van der Waals surface area contributed by atoms with Gasteiger partial charge in [-0.2, -0.15) is 0 Å². The third kappa shape index (κ3) is 5.70. The molecule has 0 N–H and O–H groups in total. The van der Waals surface area contributed by atoms with Crippen molar-refractivity contribution >= 4 is 5.69 Å². The summed E-state index contributed by atoms with van der Waals surface area (Å²) >= 11 is 0. The number of nitrogens with zero attached hydrogens (tertiary/aromatic N) is 1. The van der Waals surface area contributed by atoms with Gasteiger partial charge in [0.1, 0.15) is 0 Å². The molecule has 0 aliphatic rings. The largest absolute Gasteiger partial charge is 0.367 e. The van der Waals surface area contributed by atoms with Gasteiger partial charge in [0, 0.05) is 18.8 Å². The molecule has 0 bridgehead atoms. The first-order chi connectivity index (χ1) is 11.5. The van der Waals surface area contributed by atoms with Crippen molar-refractivity contribution in [2.24, 2.45) is 0 Å². The lowest BCUT2D eigenvalue weighted by Gasteiger charge is -2.27. The van der Waals surface area contributed by atoms with Crippen LogP contribution in [0.25, 0.3) is 0 Å². The maximum Gasteiger partial charge on any atom is 0.0429 e. The fourth-order valence-corrected chi connectivity index (χ4v) is 3.00. The third-order valence-electron chi connectivity index (χ3n) is 4.60. The van der Waals surface area contributed by atoms with E-state index in [9.17, 15) is 0 Å². The second-order valence-electron chi connectivity index (χ2n) is 7.76. The van der Waals surface area contributed by atoms with Gasteiger partial charge < -0.3 is 4.90 Å². The van der Waals surface area contributed by atoms with Crippen LogP contribution in [-0.2, 0) is 12.0 Å². The van der Waals surface area contributed by atoms with Gasteiger partial charge in [-0.25, -0.2) is 0 Å². The molecule has 0 amide bonds. The maximum atomic E-state index is 2.53. The van der Waals surface area contributed by atoms with E-state index in [2.05, 4.69) is 87.2 Å². The van der Waals surface area contributed by atoms with Crippen molar-refractivity contribution in [3.63, 3.8) is 0 Å². The summed E-state index contributed by atoms with van der Waals surface area (Å²) in [4.78, 5) is 2.53. The van der Waals surface area contributed by atoms with Crippen molar-refractivity contribution in [3.8, 4) is 0 Å². The van der Waals surface area contributed by atoms with Crippen LogP contribution in [-0.4, -0.2) is 6.54 Å². The fraction of sp³-hybridized carbons (Fsp3) is 0.478. The van der Waals surface area contributed by atoms with E-state index in [-0.39, 0.29) is 5.41 Å². The molecule has 0 aliphatic carbocycles. The van der Waals surface area contributed by atoms with Crippen molar-refractivity contribution in [2.45, 2.75) is 65.3 Å². The molecule has 0 fully saturated rings. The smallest absolute Gasteiger partial charge is 0.0429 e. The molecule has 0 radical (unpaired) electrons. The summed E-state index contributed by atoms with van der Waals surface area (Å²) in [5, 5.41) is 0. The molecule has 0 saturated carbocycles. The highest BCUT2D eigenvalue weighted by atomic mass is 15.1. The molecule has 2 aromatic carbocycles. The minimum absolute atomic E-state index is 0.212. The van der Waals surface area contributed by atoms with Crippen molar-refractivity contribution in [3.05, 3.63) is 65.7 Å². The summed E-state index contributed by atoms with van der Waals surface area (Å²) in [5.74, 6) is 0. The molecule has 0 saturated heterocycles. The lowest BCUT2D eigenvalue weighted by Crippen LogP contribution is -2.24. The molecule has 0 unspecified atom stereocenters. The van der Waals surface area contributed by atoms with Crippen LogP contribution in [0.3, 0.4) is 0 Å². The zero-order valence-electron chi connectivity index (χ0n) is 15.9. The molecule has 130 valence electrons. The minimum atomic E-state index is 0.212. The van der Waals surface area contributed by atoms with E-state index in [4.69, 9.17) is 0 Å². The predicted molar refractivity (Wildman–Crippen MR) is 107 cm³/mol. The van der Waals surface area contributed by atoms with Crippen molar-refractivity contribution in [2.75, 3.05) is 11.4 Å². The molecule has 0 atom stereocenters. The van der Waals surface area contributed by atoms with Crippen LogP contribution >= 0.6 is 0 Å². The highest BCUT2D eigenvalue weighted by Crippen LogP contribution is 2.26. The molecular weight excluding hydrogens is 290 g/mol. The van der Waals surface area contributed by atoms with E-state index in [1.165, 1.54) is 42.5 Å². The first kappa shape index (κ1) is 18.6. The molecule has 0 aliphatic heterocycles. The monoisotopic (exact) mass is 323 g/mol. The molecule has 0 spiro atoms. The number of unbranched alkanes of at least 4 members (excludes halogenated alkanes) is 3. The summed E-state index contributed by atoms with van der Waals surface area (Å²) in [6, 6.07) is 20.0. The van der Waals surface area contributed by atoms with Gasteiger partial charge in [0.15, 0.2) is 0 Å². The maximum absolute atomic E-state index is 2.53. The normalized spacial score (nSPS) is 11.5. The number of rotatable bonds is 8. The first-order valence-electron chi connectivity index (χ1n) is 9.40. The third-order valence-corrected chi connectivity index (χ3v) is 4.60. The topological polar surface area (TPSA) is 3.24 Å². The Morgan fingerprint density at radius 1 is 0.792 bits per heavy atom. The van der Waals surface area contributed by atoms with E-state index in [1.807, 2.05) is 0 Å². The summed E-state index contributed by atoms with van der Waals surface area (Å²) in [6.07, 6.45) is 5.21. The van der Waals surface area contributed by atoms with Crippen LogP contribution in [0.1, 0.15) is 64.5 Å². The molecule has 1 heteroatoms. The number of hydrogen-bond donors (Lipinski definition) is 0. The molecule has 0 aromatic heterocycles. The van der Waals surface area contributed by atoms with Crippen LogP contribution in [0.2, 0.25) is 0 Å². The van der Waals surface area contributed by atoms with Gasteiger partial charge in [-0.15, -0.1) is 0 Å². The van der Waals surface area contributed by atoms with E-state index in [0.717, 1.165) is 13.1 Å². The Labute approximate surface area is 148 Å². The Kier molecular flexibility index (Phi) is 6.90. The van der Waals surface area contributed by atoms with Gasteiger partial charge in [-0.05, 0) is 35.1 Å². The van der Waals surface area contributed by atoms with Gasteiger partial charge in [0.2, 0.25) is 0 Å². The zero-order valence-corrected chi connectivity index (χ0v) is 15.9. The van der Waals surface area contributed by atoms with Gasteiger partial charge in [0.05, 0.1) is 0 Å². The van der Waals surface area contributed by atoms with Crippen LogP contribution in [0.5, 0.6) is 0 Å². The summed E-state index contributed by atoms with van der Waals surface area (Å²) in [7, 11) is 0. The lowest BCUT2D eigenvalue weighted by molar-refractivity contribution is 0.590. The highest BCUT2D eigenvalue weighted by molar-refractivity contribution is 5.49. The standard InChI is InChI=1S/C23H33N/c1-5-6-7-11-18-24(19-20-12-9-8-10-13-20)22-16-14-21(15-17-22)23(2,3)4/h8-10,12-17H,5-7,11,18-19H2,1-4H3. The second kappa shape index (κ2) is 8.92. The van der Waals surface area contributed by atoms with Crippen LogP contribution in [0.15, 0.2) is 54.6 Å². The van der Waals surface area contributed by atoms with Gasteiger partial charge in [0.25, 0.3) is 0 Å². The van der Waals surface area contributed by atoms with Gasteiger partial charge in [-0.1, -0.05) is 89.4 Å². The van der Waals surface area contributed by atoms with Crippen molar-refractivity contribution in [1.82, 2.24) is 0 Å². The minimum Gasteiger partial charge on any atom is -0.367 e. The summed E-state index contributed by atoms with van der Waals surface area (Å²) < 4.78 is 0. The van der Waals surface area contributed by atoms with E-state index in [1.54, 1.807) is 0 Å². The molecular formula is C23H33N. The highest BCUT2D eigenvalue weighted by Gasteiger charge is 2.14. The zero-order chi connectivity index (χ0) is 17.4. The Morgan fingerprint density at radius 3 is 2.04 bits per heavy atom. The molecule has 0 heterocycles. The lowest BCUT2D eigenvalue weighted by atomic mass is 9.87. The average Bonchev–Trinajstić information content (AvgIpc) is 2.58. The Balaban J connectivity index is 2.11.